The Kier molecular flexibility index (Phi) is 3.18. The maximum atomic E-state index is 14.0. The number of nitrogens with zero attached hydrogens (tertiary/aromatic N) is 1. The molecular weight excluding hydrogens is 353 g/mol. The van der Waals surface area contributed by atoms with Crippen LogP contribution in [0.5, 0.6) is 0 Å². The van der Waals surface area contributed by atoms with Gasteiger partial charge in [0.15, 0.2) is 16.4 Å². The molecule has 0 spiro atoms. The van der Waals surface area contributed by atoms with E-state index in [9.17, 15) is 13.2 Å². The molecule has 3 aromatic rings. The Morgan fingerprint density at radius 3 is 2.50 bits per heavy atom. The van der Waals surface area contributed by atoms with Crippen molar-refractivity contribution in [2.75, 3.05) is 0 Å². The lowest BCUT2D eigenvalue weighted by molar-refractivity contribution is 0.514. The van der Waals surface area contributed by atoms with Gasteiger partial charge in [0, 0.05) is 4.47 Å². The molecule has 0 amide bonds. The zero-order chi connectivity index (χ0) is 14.4. The van der Waals surface area contributed by atoms with Gasteiger partial charge in [-0.25, -0.2) is 13.2 Å². The van der Waals surface area contributed by atoms with Crippen LogP contribution in [0.25, 0.3) is 16.7 Å². The van der Waals surface area contributed by atoms with Gasteiger partial charge >= 0.3 is 0 Å². The number of halogens is 4. The van der Waals surface area contributed by atoms with E-state index >= 15 is 0 Å². The molecule has 2 nitrogen and oxygen atoms in total. The zero-order valence-electron chi connectivity index (χ0n) is 9.75. The molecule has 102 valence electrons. The highest BCUT2D eigenvalue weighted by molar-refractivity contribution is 9.10. The number of H-pyrrole nitrogens is 1. The second-order valence-electron chi connectivity index (χ2n) is 4.09. The summed E-state index contributed by atoms with van der Waals surface area (Å²) in [4.78, 5) is 2.73. The van der Waals surface area contributed by atoms with Crippen molar-refractivity contribution in [3.05, 3.63) is 57.0 Å². The first-order valence-electron chi connectivity index (χ1n) is 5.54. The summed E-state index contributed by atoms with van der Waals surface area (Å²) < 4.78 is 43.1. The third kappa shape index (κ3) is 1.89. The predicted octanol–water partition coefficient (Wildman–Crippen LogP) is 4.87. The first-order valence-corrected chi connectivity index (χ1v) is 6.74. The highest BCUT2D eigenvalue weighted by Crippen LogP contribution is 2.30. The first-order chi connectivity index (χ1) is 9.50. The molecule has 0 aliphatic heterocycles. The number of aromatic nitrogens is 2. The molecular formula is C13H6BrF3N2S. The Bertz CT molecular complexity index is 865. The summed E-state index contributed by atoms with van der Waals surface area (Å²) >= 11 is 8.28. The fourth-order valence-electron chi connectivity index (χ4n) is 2.05. The van der Waals surface area contributed by atoms with E-state index in [1.807, 2.05) is 0 Å². The minimum atomic E-state index is -1.08. The average molecular weight is 359 g/mol. The molecule has 0 aliphatic carbocycles. The third-order valence-electron chi connectivity index (χ3n) is 2.90. The molecule has 20 heavy (non-hydrogen) atoms. The van der Waals surface area contributed by atoms with Gasteiger partial charge in [-0.05, 0) is 52.4 Å². The standard InChI is InChI=1S/C13H6BrF3N2S/c14-6-2-1-3-8(16)11(6)19-12-9(18-13(19)20)5-4-7(15)10(12)17/h1-5H,(H,18,20). The Morgan fingerprint density at radius 1 is 1.05 bits per heavy atom. The molecule has 3 rings (SSSR count). The number of hydrogen-bond acceptors (Lipinski definition) is 1. The van der Waals surface area contributed by atoms with E-state index in [1.54, 1.807) is 6.07 Å². The molecule has 1 aromatic heterocycles. The monoisotopic (exact) mass is 358 g/mol. The molecule has 0 saturated heterocycles. The van der Waals surface area contributed by atoms with Crippen LogP contribution in [0.15, 0.2) is 34.8 Å². The van der Waals surface area contributed by atoms with Crippen molar-refractivity contribution in [3.8, 4) is 5.69 Å². The Hall–Kier alpha value is -1.60. The average Bonchev–Trinajstić information content (AvgIpc) is 2.72. The van der Waals surface area contributed by atoms with Crippen LogP contribution < -0.4 is 0 Å². The SMILES string of the molecule is Fc1cccc(Br)c1-n1c(=S)[nH]c2ccc(F)c(F)c21. The van der Waals surface area contributed by atoms with E-state index in [1.165, 1.54) is 18.2 Å². The Labute approximate surface area is 125 Å². The van der Waals surface area contributed by atoms with Crippen molar-refractivity contribution in [1.29, 1.82) is 0 Å². The van der Waals surface area contributed by atoms with E-state index in [0.29, 0.717) is 9.99 Å². The van der Waals surface area contributed by atoms with Gasteiger partial charge in [0.2, 0.25) is 0 Å². The van der Waals surface area contributed by atoms with Crippen LogP contribution in [0.2, 0.25) is 0 Å². The van der Waals surface area contributed by atoms with Crippen molar-refractivity contribution in [1.82, 2.24) is 9.55 Å². The number of rotatable bonds is 1. The second kappa shape index (κ2) is 4.75. The summed E-state index contributed by atoms with van der Waals surface area (Å²) in [7, 11) is 0. The first kappa shape index (κ1) is 13.4. The smallest absolute Gasteiger partial charge is 0.184 e. The maximum Gasteiger partial charge on any atom is 0.184 e. The summed E-state index contributed by atoms with van der Waals surface area (Å²) in [5.41, 5.74) is 0.207. The van der Waals surface area contributed by atoms with E-state index < -0.39 is 17.5 Å². The molecule has 0 fully saturated rings. The second-order valence-corrected chi connectivity index (χ2v) is 5.33. The Balaban J connectivity index is 2.52. The highest BCUT2D eigenvalue weighted by atomic mass is 79.9. The molecule has 0 saturated carbocycles. The fraction of sp³-hybridized carbons (Fsp3) is 0. The van der Waals surface area contributed by atoms with Crippen LogP contribution in [-0.2, 0) is 0 Å². The third-order valence-corrected chi connectivity index (χ3v) is 3.82. The lowest BCUT2D eigenvalue weighted by atomic mass is 10.2. The van der Waals surface area contributed by atoms with Gasteiger partial charge in [0.05, 0.1) is 11.2 Å². The quantitative estimate of drug-likeness (QED) is 0.615. The van der Waals surface area contributed by atoms with Crippen LogP contribution in [-0.4, -0.2) is 9.55 Å². The summed E-state index contributed by atoms with van der Waals surface area (Å²) in [6.07, 6.45) is 0. The Morgan fingerprint density at radius 2 is 1.80 bits per heavy atom. The van der Waals surface area contributed by atoms with Gasteiger partial charge in [-0.1, -0.05) is 6.07 Å². The maximum absolute atomic E-state index is 14.0. The van der Waals surface area contributed by atoms with Crippen molar-refractivity contribution in [2.45, 2.75) is 0 Å². The van der Waals surface area contributed by atoms with Gasteiger partial charge in [-0.15, -0.1) is 0 Å². The van der Waals surface area contributed by atoms with Gasteiger partial charge in [-0.2, -0.15) is 0 Å². The van der Waals surface area contributed by atoms with Crippen LogP contribution in [0, 0.1) is 22.2 Å². The van der Waals surface area contributed by atoms with Crippen molar-refractivity contribution in [2.24, 2.45) is 0 Å². The molecule has 1 N–H and O–H groups in total. The van der Waals surface area contributed by atoms with Crippen molar-refractivity contribution >= 4 is 39.2 Å². The minimum absolute atomic E-state index is 0.0354. The van der Waals surface area contributed by atoms with E-state index in [2.05, 4.69) is 20.9 Å². The molecule has 2 aromatic carbocycles. The summed E-state index contributed by atoms with van der Waals surface area (Å²) in [5.74, 6) is -2.70. The number of fused-ring (bicyclic) bond motifs is 1. The van der Waals surface area contributed by atoms with Gasteiger partial charge in [0.25, 0.3) is 0 Å². The molecule has 0 aliphatic rings. The van der Waals surface area contributed by atoms with Crippen LogP contribution in [0.4, 0.5) is 13.2 Å². The summed E-state index contributed by atoms with van der Waals surface area (Å²) in [6.45, 7) is 0. The predicted molar refractivity (Wildman–Crippen MR) is 76.0 cm³/mol. The molecule has 0 unspecified atom stereocenters. The van der Waals surface area contributed by atoms with Crippen molar-refractivity contribution < 1.29 is 13.2 Å². The molecule has 7 heteroatoms. The van der Waals surface area contributed by atoms with E-state index in [4.69, 9.17) is 12.2 Å². The number of hydrogen-bond donors (Lipinski definition) is 1. The number of benzene rings is 2. The summed E-state index contributed by atoms with van der Waals surface area (Å²) in [6, 6.07) is 6.66. The van der Waals surface area contributed by atoms with E-state index in [-0.39, 0.29) is 16.0 Å². The molecule has 0 atom stereocenters. The normalized spacial score (nSPS) is 11.2. The molecule has 1 heterocycles. The van der Waals surface area contributed by atoms with Crippen LogP contribution >= 0.6 is 28.1 Å². The topological polar surface area (TPSA) is 20.7 Å². The fourth-order valence-corrected chi connectivity index (χ4v) is 2.86. The lowest BCUT2D eigenvalue weighted by Crippen LogP contribution is -2.01. The zero-order valence-corrected chi connectivity index (χ0v) is 12.2. The van der Waals surface area contributed by atoms with Crippen molar-refractivity contribution in [3.63, 3.8) is 0 Å². The molecule has 0 bridgehead atoms. The van der Waals surface area contributed by atoms with Gasteiger partial charge in [0.1, 0.15) is 11.3 Å². The van der Waals surface area contributed by atoms with Gasteiger partial charge in [-0.3, -0.25) is 4.57 Å². The number of nitrogens with one attached hydrogen (secondary N) is 1. The van der Waals surface area contributed by atoms with Crippen LogP contribution in [0.1, 0.15) is 0 Å². The number of imidazole rings is 1. The van der Waals surface area contributed by atoms with E-state index in [0.717, 1.165) is 10.6 Å². The highest BCUT2D eigenvalue weighted by Gasteiger charge is 2.18. The van der Waals surface area contributed by atoms with Gasteiger partial charge < -0.3 is 4.98 Å². The van der Waals surface area contributed by atoms with Crippen LogP contribution in [0.3, 0.4) is 0 Å². The lowest BCUT2D eigenvalue weighted by Gasteiger charge is -2.09. The minimum Gasteiger partial charge on any atom is -0.330 e. The number of aromatic amines is 1. The number of para-hydroxylation sites is 1. The molecule has 0 radical (unpaired) electrons. The summed E-state index contributed by atoms with van der Waals surface area (Å²) in [5, 5.41) is 0. The largest absolute Gasteiger partial charge is 0.330 e.